The number of aromatic amines is 1. The van der Waals surface area contributed by atoms with Crippen LogP contribution in [0.3, 0.4) is 0 Å². The lowest BCUT2D eigenvalue weighted by Gasteiger charge is -2.43. The van der Waals surface area contributed by atoms with Crippen molar-refractivity contribution in [3.8, 4) is 0 Å². The molecule has 30 heavy (non-hydrogen) atoms. The third-order valence-corrected chi connectivity index (χ3v) is 6.25. The summed E-state index contributed by atoms with van der Waals surface area (Å²) < 4.78 is 12.8. The number of hydrogen-bond acceptors (Lipinski definition) is 6. The number of piperidine rings is 2. The Bertz CT molecular complexity index is 1010. The number of hydrogen-bond donors (Lipinski definition) is 4. The number of nitrogens with one attached hydrogen (secondary N) is 4. The van der Waals surface area contributed by atoms with Crippen LogP contribution in [0.25, 0.3) is 10.9 Å². The number of rotatable bonds is 6. The molecule has 0 radical (unpaired) electrons. The molecule has 3 aromatic rings. The van der Waals surface area contributed by atoms with Gasteiger partial charge in [0.2, 0.25) is 5.95 Å². The monoisotopic (exact) mass is 409 g/mol. The van der Waals surface area contributed by atoms with Gasteiger partial charge < -0.3 is 16.0 Å². The van der Waals surface area contributed by atoms with E-state index < -0.39 is 0 Å². The van der Waals surface area contributed by atoms with Crippen molar-refractivity contribution in [2.45, 2.75) is 57.2 Å². The van der Waals surface area contributed by atoms with E-state index in [1.165, 1.54) is 0 Å². The molecule has 2 fully saturated rings. The van der Waals surface area contributed by atoms with Crippen LogP contribution in [0.5, 0.6) is 0 Å². The minimum Gasteiger partial charge on any atom is -0.351 e. The van der Waals surface area contributed by atoms with Crippen molar-refractivity contribution in [1.82, 2.24) is 25.5 Å². The fraction of sp³-hybridized carbons (Fsp3) is 0.500. The third kappa shape index (κ3) is 4.09. The van der Waals surface area contributed by atoms with Crippen molar-refractivity contribution < 1.29 is 4.39 Å². The fourth-order valence-corrected chi connectivity index (χ4v) is 5.01. The quantitative estimate of drug-likeness (QED) is 0.491. The van der Waals surface area contributed by atoms with Gasteiger partial charge in [-0.1, -0.05) is 12.1 Å². The molecule has 2 aliphatic rings. The highest BCUT2D eigenvalue weighted by atomic mass is 19.1. The van der Waals surface area contributed by atoms with Crippen molar-refractivity contribution in [3.63, 3.8) is 0 Å². The Hall–Kier alpha value is -2.74. The van der Waals surface area contributed by atoms with Crippen LogP contribution >= 0.6 is 0 Å². The maximum absolute atomic E-state index is 12.8. The lowest BCUT2D eigenvalue weighted by molar-refractivity contribution is 0.164. The van der Waals surface area contributed by atoms with Gasteiger partial charge in [0.25, 0.3) is 0 Å². The minimum absolute atomic E-state index is 0.206. The average molecular weight is 410 g/mol. The van der Waals surface area contributed by atoms with Crippen LogP contribution in [0.15, 0.2) is 30.3 Å². The molecule has 7 nitrogen and oxygen atoms in total. The second-order valence-electron chi connectivity index (χ2n) is 8.66. The number of anilines is 3. The summed E-state index contributed by atoms with van der Waals surface area (Å²) in [6.45, 7) is 1.76. The Morgan fingerprint density at radius 3 is 2.63 bits per heavy atom. The van der Waals surface area contributed by atoms with Gasteiger partial charge in [0, 0.05) is 35.3 Å². The molecule has 0 amide bonds. The van der Waals surface area contributed by atoms with Crippen LogP contribution < -0.4 is 16.0 Å². The molecule has 0 saturated carbocycles. The number of benzene rings is 1. The van der Waals surface area contributed by atoms with Gasteiger partial charge in [0.1, 0.15) is 5.82 Å². The van der Waals surface area contributed by atoms with E-state index in [1.807, 2.05) is 37.3 Å². The van der Waals surface area contributed by atoms with Crippen LogP contribution in [-0.4, -0.2) is 45.0 Å². The highest BCUT2D eigenvalue weighted by Gasteiger charge is 2.35. The molecule has 8 heteroatoms. The standard InChI is InChI=1S/C22H28FN7/c1-13-8-20(30-29-13)27-21-18-4-2-3-5-19(18)26-22(28-21)25-17-11-15-9-14(6-7-23)10-16(12-17)24-15/h2-5,8,14-17,24H,6-7,9-12H2,1H3,(H3,25,26,27,28,29,30). The molecular formula is C22H28FN7. The Morgan fingerprint density at radius 1 is 1.10 bits per heavy atom. The van der Waals surface area contributed by atoms with Gasteiger partial charge in [-0.3, -0.25) is 9.49 Å². The molecular weight excluding hydrogens is 381 g/mol. The van der Waals surface area contributed by atoms with Crippen molar-refractivity contribution in [2.24, 2.45) is 5.92 Å². The summed E-state index contributed by atoms with van der Waals surface area (Å²) in [5.41, 5.74) is 1.88. The van der Waals surface area contributed by atoms with E-state index in [-0.39, 0.29) is 6.67 Å². The fourth-order valence-electron chi connectivity index (χ4n) is 5.01. The molecule has 4 N–H and O–H groups in total. The summed E-state index contributed by atoms with van der Waals surface area (Å²) in [7, 11) is 0. The van der Waals surface area contributed by atoms with Crippen molar-refractivity contribution in [1.29, 1.82) is 0 Å². The molecule has 2 unspecified atom stereocenters. The Morgan fingerprint density at radius 2 is 1.90 bits per heavy atom. The maximum atomic E-state index is 12.8. The first-order valence-corrected chi connectivity index (χ1v) is 10.8. The van der Waals surface area contributed by atoms with Gasteiger partial charge in [-0.2, -0.15) is 10.1 Å². The molecule has 2 aliphatic heterocycles. The zero-order chi connectivity index (χ0) is 20.5. The molecule has 2 atom stereocenters. The number of fused-ring (bicyclic) bond motifs is 3. The van der Waals surface area contributed by atoms with E-state index in [9.17, 15) is 4.39 Å². The molecule has 2 bridgehead atoms. The van der Waals surface area contributed by atoms with Gasteiger partial charge in [-0.05, 0) is 57.1 Å². The first-order valence-electron chi connectivity index (χ1n) is 10.8. The summed E-state index contributed by atoms with van der Waals surface area (Å²) >= 11 is 0. The molecule has 2 aromatic heterocycles. The van der Waals surface area contributed by atoms with Crippen LogP contribution in [-0.2, 0) is 0 Å². The Balaban J connectivity index is 1.36. The average Bonchev–Trinajstić information content (AvgIpc) is 3.12. The van der Waals surface area contributed by atoms with Crippen LogP contribution in [0.1, 0.15) is 37.8 Å². The second kappa shape index (κ2) is 8.18. The maximum Gasteiger partial charge on any atom is 0.225 e. The number of nitrogens with zero attached hydrogens (tertiary/aromatic N) is 3. The SMILES string of the molecule is Cc1cc(Nc2nc(NC3CC4CC(CCF)CC(C3)N4)nc3ccccc23)n[nH]1. The third-order valence-electron chi connectivity index (χ3n) is 6.25. The normalized spacial score (nSPS) is 25.9. The smallest absolute Gasteiger partial charge is 0.225 e. The number of halogens is 1. The van der Waals surface area contributed by atoms with Crippen LogP contribution in [0.4, 0.5) is 22.0 Å². The van der Waals surface area contributed by atoms with Gasteiger partial charge in [0.15, 0.2) is 5.82 Å². The predicted molar refractivity (Wildman–Crippen MR) is 117 cm³/mol. The van der Waals surface area contributed by atoms with E-state index in [1.54, 1.807) is 0 Å². The van der Waals surface area contributed by atoms with Gasteiger partial charge in [0.05, 0.1) is 12.2 Å². The summed E-state index contributed by atoms with van der Waals surface area (Å²) in [6, 6.07) is 11.1. The molecule has 0 aliphatic carbocycles. The van der Waals surface area contributed by atoms with Crippen molar-refractivity contribution in [3.05, 3.63) is 36.0 Å². The predicted octanol–water partition coefficient (Wildman–Crippen LogP) is 4.08. The highest BCUT2D eigenvalue weighted by Crippen LogP contribution is 2.33. The number of H-pyrrole nitrogens is 1. The van der Waals surface area contributed by atoms with Crippen molar-refractivity contribution >= 4 is 28.5 Å². The van der Waals surface area contributed by atoms with E-state index in [2.05, 4.69) is 26.1 Å². The van der Waals surface area contributed by atoms with Crippen molar-refractivity contribution in [2.75, 3.05) is 17.3 Å². The Labute approximate surface area is 175 Å². The number of aromatic nitrogens is 4. The summed E-state index contributed by atoms with van der Waals surface area (Å²) in [4.78, 5) is 9.54. The summed E-state index contributed by atoms with van der Waals surface area (Å²) in [5.74, 6) is 2.62. The van der Waals surface area contributed by atoms with E-state index in [0.29, 0.717) is 36.4 Å². The topological polar surface area (TPSA) is 90.6 Å². The molecule has 5 rings (SSSR count). The first kappa shape index (κ1) is 19.2. The van der Waals surface area contributed by atoms with Crippen LogP contribution in [0.2, 0.25) is 0 Å². The Kier molecular flexibility index (Phi) is 5.25. The van der Waals surface area contributed by atoms with Gasteiger partial charge in [-0.15, -0.1) is 0 Å². The number of para-hydroxylation sites is 1. The van der Waals surface area contributed by atoms with E-state index in [0.717, 1.165) is 53.9 Å². The molecule has 4 heterocycles. The summed E-state index contributed by atoms with van der Waals surface area (Å²) in [6.07, 6.45) is 4.83. The van der Waals surface area contributed by atoms with E-state index >= 15 is 0 Å². The molecule has 2 saturated heterocycles. The van der Waals surface area contributed by atoms with Gasteiger partial charge >= 0.3 is 0 Å². The van der Waals surface area contributed by atoms with E-state index in [4.69, 9.17) is 9.97 Å². The lowest BCUT2D eigenvalue weighted by atomic mass is 9.77. The minimum atomic E-state index is -0.206. The zero-order valence-corrected chi connectivity index (χ0v) is 17.2. The van der Waals surface area contributed by atoms with Crippen LogP contribution in [0, 0.1) is 12.8 Å². The largest absolute Gasteiger partial charge is 0.351 e. The first-order chi connectivity index (χ1) is 14.7. The molecule has 1 aromatic carbocycles. The van der Waals surface area contributed by atoms with Gasteiger partial charge in [-0.25, -0.2) is 4.98 Å². The number of alkyl halides is 1. The second-order valence-corrected chi connectivity index (χ2v) is 8.66. The molecule has 0 spiro atoms. The number of aryl methyl sites for hydroxylation is 1. The molecule has 158 valence electrons. The summed E-state index contributed by atoms with van der Waals surface area (Å²) in [5, 5.41) is 18.8. The highest BCUT2D eigenvalue weighted by molar-refractivity contribution is 5.91. The zero-order valence-electron chi connectivity index (χ0n) is 17.2. The lowest BCUT2D eigenvalue weighted by Crippen LogP contribution is -2.54.